The van der Waals surface area contributed by atoms with Crippen LogP contribution in [0.5, 0.6) is 0 Å². The number of morpholine rings is 1. The smallest absolute Gasteiger partial charge is 0.309 e. The van der Waals surface area contributed by atoms with Crippen LogP contribution in [0.4, 0.5) is 5.69 Å². The van der Waals surface area contributed by atoms with Gasteiger partial charge in [-0.2, -0.15) is 4.31 Å². The van der Waals surface area contributed by atoms with Gasteiger partial charge in [-0.1, -0.05) is 0 Å². The topological polar surface area (TPSA) is 160 Å². The lowest BCUT2D eigenvalue weighted by molar-refractivity contribution is -0.384. The molecule has 1 aromatic rings. The largest absolute Gasteiger partial charge is 0.379 e. The molecule has 2 heterocycles. The number of rotatable bonds is 9. The summed E-state index contributed by atoms with van der Waals surface area (Å²) >= 11 is 0. The minimum absolute atomic E-state index is 0.0492. The molecule has 2 aliphatic rings. The summed E-state index contributed by atoms with van der Waals surface area (Å²) in [6, 6.07) is 4.49. The number of nitro groups is 1. The predicted octanol–water partition coefficient (Wildman–Crippen LogP) is -1.10. The van der Waals surface area contributed by atoms with E-state index in [9.17, 15) is 28.1 Å². The van der Waals surface area contributed by atoms with E-state index >= 15 is 0 Å². The Labute approximate surface area is 191 Å². The molecule has 0 radical (unpaired) electrons. The van der Waals surface area contributed by atoms with Crippen molar-refractivity contribution in [2.24, 2.45) is 0 Å². The van der Waals surface area contributed by atoms with Crippen LogP contribution in [0.25, 0.3) is 0 Å². The predicted molar refractivity (Wildman–Crippen MR) is 115 cm³/mol. The average Bonchev–Trinajstić information content (AvgIpc) is 3.30. The van der Waals surface area contributed by atoms with Crippen LogP contribution < -0.4 is 10.6 Å². The molecule has 182 valence electrons. The van der Waals surface area contributed by atoms with Crippen molar-refractivity contribution in [1.82, 2.24) is 19.8 Å². The summed E-state index contributed by atoms with van der Waals surface area (Å²) in [5, 5.41) is 15.7. The zero-order chi connectivity index (χ0) is 23.8. The Bertz CT molecular complexity index is 949. The van der Waals surface area contributed by atoms with Gasteiger partial charge >= 0.3 is 11.8 Å². The third-order valence-electron chi connectivity index (χ3n) is 5.28. The molecule has 0 aliphatic carbocycles. The van der Waals surface area contributed by atoms with Crippen molar-refractivity contribution in [3.05, 3.63) is 34.4 Å². The van der Waals surface area contributed by atoms with Crippen molar-refractivity contribution in [2.75, 3.05) is 59.1 Å². The van der Waals surface area contributed by atoms with Crippen LogP contribution in [0.1, 0.15) is 6.42 Å². The molecule has 2 aliphatic heterocycles. The van der Waals surface area contributed by atoms with Gasteiger partial charge in [-0.15, -0.1) is 0 Å². The number of ether oxygens (including phenoxy) is 2. The van der Waals surface area contributed by atoms with Crippen LogP contribution in [0, 0.1) is 10.1 Å². The number of nitro benzene ring substituents is 1. The maximum absolute atomic E-state index is 12.9. The van der Waals surface area contributed by atoms with Gasteiger partial charge < -0.3 is 20.1 Å². The summed E-state index contributed by atoms with van der Waals surface area (Å²) in [4.78, 5) is 36.3. The Hall–Kier alpha value is -2.65. The van der Waals surface area contributed by atoms with Crippen LogP contribution in [0.2, 0.25) is 0 Å². The molecule has 13 nitrogen and oxygen atoms in total. The van der Waals surface area contributed by atoms with E-state index < -0.39 is 33.0 Å². The highest BCUT2D eigenvalue weighted by molar-refractivity contribution is 7.89. The number of carbonyl (C=O) groups excluding carboxylic acids is 2. The third kappa shape index (κ3) is 6.68. The van der Waals surface area contributed by atoms with E-state index in [1.165, 1.54) is 0 Å². The first kappa shape index (κ1) is 25.0. The second-order valence-electron chi connectivity index (χ2n) is 7.47. The molecule has 0 spiro atoms. The minimum atomic E-state index is -4.01. The maximum atomic E-state index is 12.9. The number of non-ortho nitro benzene ring substituents is 1. The van der Waals surface area contributed by atoms with Crippen molar-refractivity contribution < 1.29 is 32.4 Å². The van der Waals surface area contributed by atoms with Crippen LogP contribution in [-0.4, -0.2) is 99.7 Å². The summed E-state index contributed by atoms with van der Waals surface area (Å²) in [6.07, 6.45) is -0.310. The Kier molecular flexibility index (Phi) is 8.68. The first-order valence-electron chi connectivity index (χ1n) is 10.5. The van der Waals surface area contributed by atoms with Crippen LogP contribution >= 0.6 is 0 Å². The quantitative estimate of drug-likeness (QED) is 0.191. The Morgan fingerprint density at radius 1 is 1.06 bits per heavy atom. The fourth-order valence-electron chi connectivity index (χ4n) is 3.49. The van der Waals surface area contributed by atoms with Gasteiger partial charge in [0.15, 0.2) is 0 Å². The van der Waals surface area contributed by atoms with Crippen molar-refractivity contribution in [3.8, 4) is 0 Å². The molecule has 2 fully saturated rings. The number of hydrogen-bond donors (Lipinski definition) is 2. The molecule has 1 unspecified atom stereocenters. The van der Waals surface area contributed by atoms with E-state index in [1.807, 2.05) is 0 Å². The van der Waals surface area contributed by atoms with E-state index in [1.54, 1.807) is 0 Å². The second-order valence-corrected chi connectivity index (χ2v) is 9.36. The maximum Gasteiger partial charge on any atom is 0.309 e. The molecule has 33 heavy (non-hydrogen) atoms. The van der Waals surface area contributed by atoms with Crippen LogP contribution in [-0.2, 0) is 29.1 Å². The molecule has 3 rings (SSSR count). The molecule has 2 saturated heterocycles. The Balaban J connectivity index is 1.45. The number of nitrogens with one attached hydrogen (secondary N) is 2. The van der Waals surface area contributed by atoms with Crippen molar-refractivity contribution >= 4 is 27.5 Å². The molecule has 0 saturated carbocycles. The van der Waals surface area contributed by atoms with Gasteiger partial charge in [0.2, 0.25) is 10.0 Å². The number of nitrogens with zero attached hydrogens (tertiary/aromatic N) is 3. The van der Waals surface area contributed by atoms with E-state index in [4.69, 9.17) is 9.47 Å². The summed E-state index contributed by atoms with van der Waals surface area (Å²) in [5.74, 6) is -1.69. The van der Waals surface area contributed by atoms with Gasteiger partial charge in [-0.3, -0.25) is 24.6 Å². The van der Waals surface area contributed by atoms with Gasteiger partial charge in [0.25, 0.3) is 5.69 Å². The average molecular weight is 486 g/mol. The highest BCUT2D eigenvalue weighted by Crippen LogP contribution is 2.24. The van der Waals surface area contributed by atoms with Gasteiger partial charge in [0.05, 0.1) is 36.2 Å². The molecular formula is C19H27N5O8S. The Morgan fingerprint density at radius 3 is 2.39 bits per heavy atom. The molecule has 1 atom stereocenters. The van der Waals surface area contributed by atoms with E-state index in [0.29, 0.717) is 26.2 Å². The molecule has 14 heteroatoms. The van der Waals surface area contributed by atoms with E-state index in [0.717, 1.165) is 48.2 Å². The van der Waals surface area contributed by atoms with Crippen molar-refractivity contribution in [2.45, 2.75) is 17.5 Å². The second kappa shape index (κ2) is 11.5. The zero-order valence-corrected chi connectivity index (χ0v) is 18.8. The first-order valence-corrected chi connectivity index (χ1v) is 12.0. The lowest BCUT2D eigenvalue weighted by atomic mass is 10.3. The standard InChI is InChI=1S/C19H27N5O8S/c25-18(20-6-1-7-22-8-11-31-12-9-22)19(26)21-14-17-23(10-13-32-17)33(29,30)16-4-2-15(3-5-16)24(27)28/h2-5,17H,1,6-14H2,(H,20,25)(H,21,26). The normalized spacial score (nSPS) is 19.8. The molecule has 0 bridgehead atoms. The summed E-state index contributed by atoms with van der Waals surface area (Å²) in [6.45, 7) is 4.13. The zero-order valence-electron chi connectivity index (χ0n) is 18.0. The fourth-order valence-corrected chi connectivity index (χ4v) is 5.00. The molecule has 1 aromatic carbocycles. The minimum Gasteiger partial charge on any atom is -0.379 e. The van der Waals surface area contributed by atoms with Gasteiger partial charge in [0, 0.05) is 38.3 Å². The van der Waals surface area contributed by atoms with Crippen LogP contribution in [0.15, 0.2) is 29.2 Å². The van der Waals surface area contributed by atoms with Crippen molar-refractivity contribution in [1.29, 1.82) is 0 Å². The summed E-state index contributed by atoms with van der Waals surface area (Å²) in [7, 11) is -4.01. The molecule has 0 aromatic heterocycles. The highest BCUT2D eigenvalue weighted by atomic mass is 32.2. The summed E-state index contributed by atoms with van der Waals surface area (Å²) < 4.78 is 37.5. The SMILES string of the molecule is O=C(NCCCN1CCOCC1)C(=O)NCC1OCCN1S(=O)(=O)c1ccc([N+](=O)[O-])cc1. The Morgan fingerprint density at radius 2 is 1.73 bits per heavy atom. The van der Waals surface area contributed by atoms with Gasteiger partial charge in [-0.25, -0.2) is 8.42 Å². The monoisotopic (exact) mass is 485 g/mol. The highest BCUT2D eigenvalue weighted by Gasteiger charge is 2.37. The van der Waals surface area contributed by atoms with Crippen LogP contribution in [0.3, 0.4) is 0 Å². The number of amides is 2. The number of benzene rings is 1. The van der Waals surface area contributed by atoms with Crippen molar-refractivity contribution in [3.63, 3.8) is 0 Å². The fraction of sp³-hybridized carbons (Fsp3) is 0.579. The number of carbonyl (C=O) groups is 2. The number of hydrogen-bond acceptors (Lipinski definition) is 9. The first-order chi connectivity index (χ1) is 15.8. The van der Waals surface area contributed by atoms with Gasteiger partial charge in [-0.05, 0) is 25.1 Å². The van der Waals surface area contributed by atoms with E-state index in [2.05, 4.69) is 15.5 Å². The molecule has 2 amide bonds. The summed E-state index contributed by atoms with van der Waals surface area (Å²) in [5.41, 5.74) is -0.230. The number of sulfonamides is 1. The third-order valence-corrected chi connectivity index (χ3v) is 7.18. The van der Waals surface area contributed by atoms with Gasteiger partial charge in [0.1, 0.15) is 6.23 Å². The molecular weight excluding hydrogens is 458 g/mol. The lowest BCUT2D eigenvalue weighted by Gasteiger charge is -2.26. The molecule has 2 N–H and O–H groups in total. The van der Waals surface area contributed by atoms with E-state index in [-0.39, 0.29) is 30.3 Å². The lowest BCUT2D eigenvalue weighted by Crippen LogP contribution is -2.47.